The van der Waals surface area contributed by atoms with Crippen LogP contribution in [0.4, 0.5) is 11.4 Å². The number of fused-ring (bicyclic) bond motifs is 1. The van der Waals surface area contributed by atoms with E-state index in [-0.39, 0.29) is 22.7 Å². The lowest BCUT2D eigenvalue weighted by Gasteiger charge is -2.38. The van der Waals surface area contributed by atoms with Gasteiger partial charge in [-0.15, -0.1) is 0 Å². The van der Waals surface area contributed by atoms with Crippen molar-refractivity contribution in [2.75, 3.05) is 23.7 Å². The Kier molecular flexibility index (Phi) is 11.4. The van der Waals surface area contributed by atoms with Gasteiger partial charge in [-0.3, -0.25) is 34.2 Å². The predicted octanol–water partition coefficient (Wildman–Crippen LogP) is 7.93. The van der Waals surface area contributed by atoms with Crippen LogP contribution >= 0.6 is 23.2 Å². The zero-order chi connectivity index (χ0) is 38.9. The number of aliphatic hydroxyl groups is 1. The Bertz CT molecular complexity index is 2150. The SMILES string of the molecule is O=C(Nc1cccc(-c2cccc(NC(=O)c3cc(C4CC4)c(CN4CCCC[C@H]4C(=O)O)cn3)c2Cl)c1Cl)c1cc2c(cn1)CN(C1CCC(O)CC1)CC2. The third-order valence-electron chi connectivity index (χ3n) is 11.9. The van der Waals surface area contributed by atoms with Crippen molar-refractivity contribution in [3.63, 3.8) is 0 Å². The van der Waals surface area contributed by atoms with E-state index < -0.39 is 17.9 Å². The zero-order valence-electron chi connectivity index (χ0n) is 31.1. The quantitative estimate of drug-likeness (QED) is 0.126. The van der Waals surface area contributed by atoms with Crippen LogP contribution < -0.4 is 10.6 Å². The van der Waals surface area contributed by atoms with Crippen molar-refractivity contribution in [2.24, 2.45) is 0 Å². The Morgan fingerprint density at radius 1 is 0.768 bits per heavy atom. The zero-order valence-corrected chi connectivity index (χ0v) is 32.7. The van der Waals surface area contributed by atoms with Crippen LogP contribution in [0, 0.1) is 0 Å². The van der Waals surface area contributed by atoms with Gasteiger partial charge in [0.05, 0.1) is 27.5 Å². The molecule has 13 heteroatoms. The van der Waals surface area contributed by atoms with Crippen LogP contribution in [0.15, 0.2) is 60.9 Å². The third-order valence-corrected chi connectivity index (χ3v) is 12.7. The highest BCUT2D eigenvalue weighted by Gasteiger charge is 2.33. The molecule has 3 fully saturated rings. The van der Waals surface area contributed by atoms with E-state index in [0.29, 0.717) is 58.1 Å². The van der Waals surface area contributed by atoms with Crippen LogP contribution in [0.25, 0.3) is 11.1 Å². The number of likely N-dealkylation sites (tertiary alicyclic amines) is 1. The molecule has 4 heterocycles. The van der Waals surface area contributed by atoms with Crippen molar-refractivity contribution in [3.8, 4) is 11.1 Å². The van der Waals surface area contributed by atoms with E-state index in [9.17, 15) is 24.6 Å². The molecule has 4 aromatic rings. The first-order valence-corrected chi connectivity index (χ1v) is 20.4. The second kappa shape index (κ2) is 16.6. The minimum Gasteiger partial charge on any atom is -0.480 e. The summed E-state index contributed by atoms with van der Waals surface area (Å²) >= 11 is 13.9. The minimum atomic E-state index is -0.800. The Morgan fingerprint density at radius 3 is 2.05 bits per heavy atom. The van der Waals surface area contributed by atoms with Gasteiger partial charge in [0.1, 0.15) is 17.4 Å². The molecule has 4 N–H and O–H groups in total. The summed E-state index contributed by atoms with van der Waals surface area (Å²) in [6.07, 6.45) is 12.4. The number of carboxylic acid groups (broad SMARTS) is 1. The van der Waals surface area contributed by atoms with Gasteiger partial charge in [-0.25, -0.2) is 0 Å². The molecular formula is C43H46Cl2N6O5. The van der Waals surface area contributed by atoms with E-state index in [4.69, 9.17) is 23.2 Å². The summed E-state index contributed by atoms with van der Waals surface area (Å²) in [7, 11) is 0. The summed E-state index contributed by atoms with van der Waals surface area (Å²) in [5, 5.41) is 26.1. The van der Waals surface area contributed by atoms with Gasteiger partial charge in [0.2, 0.25) is 0 Å². The number of aromatic nitrogens is 2. The maximum Gasteiger partial charge on any atom is 0.320 e. The van der Waals surface area contributed by atoms with E-state index in [1.54, 1.807) is 48.8 Å². The van der Waals surface area contributed by atoms with Crippen LogP contribution in [-0.2, 0) is 24.3 Å². The third kappa shape index (κ3) is 8.33. The fourth-order valence-electron chi connectivity index (χ4n) is 8.58. The lowest BCUT2D eigenvalue weighted by molar-refractivity contribution is -0.144. The summed E-state index contributed by atoms with van der Waals surface area (Å²) in [5.41, 5.74) is 6.75. The summed E-state index contributed by atoms with van der Waals surface area (Å²) in [4.78, 5) is 52.5. The number of carbonyl (C=O) groups is 3. The van der Waals surface area contributed by atoms with Crippen molar-refractivity contribution in [1.29, 1.82) is 0 Å². The summed E-state index contributed by atoms with van der Waals surface area (Å²) in [6, 6.07) is 14.3. The van der Waals surface area contributed by atoms with E-state index in [2.05, 4.69) is 25.5 Å². The van der Waals surface area contributed by atoms with Crippen molar-refractivity contribution >= 4 is 52.4 Å². The molecule has 2 aromatic carbocycles. The average molecular weight is 798 g/mol. The van der Waals surface area contributed by atoms with E-state index in [0.717, 1.165) is 99.7 Å². The molecule has 0 bridgehead atoms. The molecule has 56 heavy (non-hydrogen) atoms. The van der Waals surface area contributed by atoms with Crippen LogP contribution in [0.3, 0.4) is 0 Å². The van der Waals surface area contributed by atoms with Gasteiger partial charge in [0.25, 0.3) is 11.8 Å². The van der Waals surface area contributed by atoms with Crippen molar-refractivity contribution in [1.82, 2.24) is 19.8 Å². The van der Waals surface area contributed by atoms with E-state index in [1.807, 2.05) is 17.0 Å². The van der Waals surface area contributed by atoms with E-state index >= 15 is 0 Å². The number of pyridine rings is 2. The highest BCUT2D eigenvalue weighted by atomic mass is 35.5. The molecule has 1 saturated heterocycles. The van der Waals surface area contributed by atoms with Gasteiger partial charge < -0.3 is 20.8 Å². The minimum absolute atomic E-state index is 0.183. The fraction of sp³-hybridized carbons (Fsp3) is 0.419. The van der Waals surface area contributed by atoms with Crippen LogP contribution in [0.5, 0.6) is 0 Å². The first-order valence-electron chi connectivity index (χ1n) is 19.7. The molecule has 292 valence electrons. The number of hydrogen-bond donors (Lipinski definition) is 4. The molecule has 4 aliphatic rings. The molecular weight excluding hydrogens is 751 g/mol. The highest BCUT2D eigenvalue weighted by Crippen LogP contribution is 2.43. The standard InChI is InChI=1S/C43H46Cl2N6O5/c44-39-31(5-3-7-34(39)48-41(53)36-19-26-16-18-50(23-27(26)21-46-36)29-12-14-30(52)15-13-29)32-6-4-8-35(40(32)45)49-42(54)37-20-33(25-10-11-25)28(22-47-37)24-51-17-2-1-9-38(51)43(55)56/h3-8,19-22,25,29-30,38,52H,1-2,9-18,23-24H2,(H,48,53)(H,49,54)(H,55,56)/t29?,30?,38-/m0/s1. The number of carboxylic acids is 1. The van der Waals surface area contributed by atoms with Crippen LogP contribution in [0.1, 0.15) is 107 Å². The molecule has 0 spiro atoms. The predicted molar refractivity (Wildman–Crippen MR) is 216 cm³/mol. The van der Waals surface area contributed by atoms with Gasteiger partial charge in [0, 0.05) is 49.2 Å². The summed E-state index contributed by atoms with van der Waals surface area (Å²) < 4.78 is 0. The molecule has 1 atom stereocenters. The number of aliphatic carboxylic acids is 1. The van der Waals surface area contributed by atoms with Crippen molar-refractivity contribution in [2.45, 2.75) is 101 Å². The number of carbonyl (C=O) groups excluding carboxylic acids is 2. The van der Waals surface area contributed by atoms with Gasteiger partial charge in [0.15, 0.2) is 0 Å². The van der Waals surface area contributed by atoms with E-state index in [1.165, 1.54) is 0 Å². The summed E-state index contributed by atoms with van der Waals surface area (Å²) in [6.45, 7) is 2.91. The van der Waals surface area contributed by atoms with Crippen LogP contribution in [-0.4, -0.2) is 79.0 Å². The van der Waals surface area contributed by atoms with Gasteiger partial charge in [-0.1, -0.05) is 53.9 Å². The van der Waals surface area contributed by atoms with Crippen LogP contribution in [0.2, 0.25) is 10.0 Å². The molecule has 2 saturated carbocycles. The van der Waals surface area contributed by atoms with Gasteiger partial charge in [-0.2, -0.15) is 0 Å². The number of halogens is 2. The molecule has 0 radical (unpaired) electrons. The molecule has 2 aliphatic heterocycles. The maximum atomic E-state index is 13.6. The Labute approximate surface area is 336 Å². The number of piperidine rings is 1. The first kappa shape index (κ1) is 38.5. The molecule has 2 aliphatic carbocycles. The molecule has 2 amide bonds. The van der Waals surface area contributed by atoms with Gasteiger partial charge >= 0.3 is 5.97 Å². The number of amides is 2. The number of nitrogens with zero attached hydrogens (tertiary/aromatic N) is 4. The fourth-order valence-corrected chi connectivity index (χ4v) is 9.13. The maximum absolute atomic E-state index is 13.6. The second-order valence-electron chi connectivity index (χ2n) is 15.6. The smallest absolute Gasteiger partial charge is 0.320 e. The molecule has 8 rings (SSSR count). The monoisotopic (exact) mass is 796 g/mol. The molecule has 11 nitrogen and oxygen atoms in total. The lowest BCUT2D eigenvalue weighted by Crippen LogP contribution is -2.44. The lowest BCUT2D eigenvalue weighted by atomic mass is 9.90. The number of nitrogens with one attached hydrogen (secondary N) is 2. The molecule has 2 aromatic heterocycles. The topological polar surface area (TPSA) is 148 Å². The number of rotatable bonds is 10. The average Bonchev–Trinajstić information content (AvgIpc) is 4.06. The second-order valence-corrected chi connectivity index (χ2v) is 16.4. The Morgan fingerprint density at radius 2 is 1.41 bits per heavy atom. The van der Waals surface area contributed by atoms with Gasteiger partial charge in [-0.05, 0) is 117 Å². The Balaban J connectivity index is 0.952. The van der Waals surface area contributed by atoms with Crippen molar-refractivity contribution < 1.29 is 24.6 Å². The number of hydrogen-bond acceptors (Lipinski definition) is 8. The molecule has 0 unspecified atom stereocenters. The number of aliphatic hydroxyl groups excluding tert-OH is 1. The largest absolute Gasteiger partial charge is 0.480 e. The Hall–Kier alpha value is -4.39. The highest BCUT2D eigenvalue weighted by molar-refractivity contribution is 6.40. The number of anilines is 2. The normalized spacial score (nSPS) is 21.6. The summed E-state index contributed by atoms with van der Waals surface area (Å²) in [5.74, 6) is -1.26. The number of benzene rings is 2. The first-order chi connectivity index (χ1) is 27.1. The van der Waals surface area contributed by atoms with Crippen molar-refractivity contribution in [3.05, 3.63) is 105 Å².